The van der Waals surface area contributed by atoms with Gasteiger partial charge in [-0.3, -0.25) is 27.8 Å². The number of nitrogens with zero attached hydrogens (tertiary/aromatic N) is 2. The summed E-state index contributed by atoms with van der Waals surface area (Å²) in [5, 5.41) is 0. The van der Waals surface area contributed by atoms with Crippen LogP contribution >= 0.6 is 0 Å². The summed E-state index contributed by atoms with van der Waals surface area (Å²) >= 11 is 0. The molecule has 2 saturated heterocycles. The number of halogens is 6. The van der Waals surface area contributed by atoms with Gasteiger partial charge in [-0.05, 0) is 39.8 Å². The number of likely N-dealkylation sites (N-methyl/N-ethyl adjacent to an activating group) is 2. The van der Waals surface area contributed by atoms with Crippen molar-refractivity contribution in [2.24, 2.45) is 0 Å². The summed E-state index contributed by atoms with van der Waals surface area (Å²) in [5.74, 6) is 0. The van der Waals surface area contributed by atoms with Crippen LogP contribution in [0.5, 0.6) is 0 Å². The Kier molecular flexibility index (Phi) is 20.9. The molecule has 10 nitrogen and oxygen atoms in total. The van der Waals surface area contributed by atoms with E-state index in [0.717, 1.165) is 0 Å². The van der Waals surface area contributed by atoms with E-state index in [2.05, 4.69) is 37.7 Å². The molecule has 0 amide bonds. The lowest BCUT2D eigenvalue weighted by Gasteiger charge is -2.12. The highest BCUT2D eigenvalue weighted by molar-refractivity contribution is 7.87. The molecule has 18 heteroatoms. The van der Waals surface area contributed by atoms with Gasteiger partial charge in [0, 0.05) is 0 Å². The largest absolute Gasteiger partial charge is 0.758 e. The Morgan fingerprint density at radius 3 is 1.12 bits per heavy atom. The lowest BCUT2D eigenvalue weighted by molar-refractivity contribution is -0.892. The molecule has 4 N–H and O–H groups in total. The minimum Gasteiger partial charge on any atom is -0.758 e. The van der Waals surface area contributed by atoms with Gasteiger partial charge in [0.1, 0.15) is 13.3 Å². The van der Waals surface area contributed by atoms with E-state index < -0.39 is 31.0 Å². The molecule has 2 fully saturated rings. The Bertz CT molecular complexity index is 791. The lowest BCUT2D eigenvalue weighted by Crippen LogP contribution is -3.10. The van der Waals surface area contributed by atoms with Gasteiger partial charge in [0.15, 0.2) is 0 Å². The van der Waals surface area contributed by atoms with Crippen LogP contribution in [0.1, 0.15) is 65.2 Å². The summed E-state index contributed by atoms with van der Waals surface area (Å²) in [4.78, 5) is 8.42. The molecule has 2 aliphatic rings. The number of nitrogens with one attached hydrogen (secondary N) is 4. The monoisotopic (exact) mass is 638 g/mol. The lowest BCUT2D eigenvalue weighted by atomic mass is 10.2. The van der Waals surface area contributed by atoms with Crippen molar-refractivity contribution >= 4 is 20.0 Å². The zero-order chi connectivity index (χ0) is 31.6. The van der Waals surface area contributed by atoms with Crippen molar-refractivity contribution in [2.45, 2.75) is 76.2 Å². The number of alkyl halides is 6. The van der Waals surface area contributed by atoms with Crippen molar-refractivity contribution in [1.29, 1.82) is 9.56 Å². The number of hydrogen-bond acceptors (Lipinski definition) is 8. The Morgan fingerprint density at radius 2 is 0.950 bits per heavy atom. The Morgan fingerprint density at radius 1 is 0.675 bits per heavy atom. The fourth-order valence-electron chi connectivity index (χ4n) is 3.79. The highest BCUT2D eigenvalue weighted by Gasteiger charge is 2.34. The predicted molar refractivity (Wildman–Crippen MR) is 140 cm³/mol. The molecule has 2 aliphatic heterocycles. The van der Waals surface area contributed by atoms with Crippen molar-refractivity contribution in [1.82, 2.24) is 9.80 Å². The van der Waals surface area contributed by atoms with Crippen LogP contribution in [0.25, 0.3) is 0 Å². The van der Waals surface area contributed by atoms with E-state index in [1.807, 2.05) is 0 Å². The Labute approximate surface area is 236 Å². The quantitative estimate of drug-likeness (QED) is 0.213. The van der Waals surface area contributed by atoms with Crippen molar-refractivity contribution in [3.05, 3.63) is 0 Å². The molecular weight excluding hydrogens is 590 g/mol. The zero-order valence-electron chi connectivity index (χ0n) is 23.9. The van der Waals surface area contributed by atoms with Gasteiger partial charge in [-0.1, -0.05) is 39.5 Å². The van der Waals surface area contributed by atoms with Gasteiger partial charge in [0.05, 0.1) is 59.3 Å². The van der Waals surface area contributed by atoms with E-state index in [-0.39, 0.29) is 0 Å². The van der Waals surface area contributed by atoms with Gasteiger partial charge < -0.3 is 18.9 Å². The van der Waals surface area contributed by atoms with Crippen LogP contribution in [0.15, 0.2) is 0 Å². The summed E-state index contributed by atoms with van der Waals surface area (Å²) < 4.78 is 112. The molecule has 4 unspecified atom stereocenters. The van der Waals surface area contributed by atoms with Crippen LogP contribution in [0.2, 0.25) is 0 Å². The topological polar surface area (TPSA) is 143 Å². The maximum atomic E-state index is 10.8. The molecule has 40 heavy (non-hydrogen) atoms. The van der Waals surface area contributed by atoms with Gasteiger partial charge in [0.2, 0.25) is 0 Å². The van der Waals surface area contributed by atoms with Gasteiger partial charge in [-0.15, -0.1) is 0 Å². The molecule has 2 rings (SSSR count). The molecular formula is C22H48F6N6O4S2. The second kappa shape index (κ2) is 20.2. The van der Waals surface area contributed by atoms with Crippen LogP contribution in [0.3, 0.4) is 0 Å². The van der Waals surface area contributed by atoms with Crippen molar-refractivity contribution in [3.8, 4) is 0 Å². The smallest absolute Gasteiger partial charge is 0.466 e. The number of hydrogen-bond donors (Lipinski definition) is 4. The molecule has 0 spiro atoms. The average molecular weight is 639 g/mol. The molecule has 0 saturated carbocycles. The molecule has 0 aliphatic carbocycles. The molecule has 0 bridgehead atoms. The van der Waals surface area contributed by atoms with Crippen LogP contribution in [-0.2, 0) is 20.0 Å². The van der Waals surface area contributed by atoms with E-state index in [1.165, 1.54) is 104 Å². The second-order valence-electron chi connectivity index (χ2n) is 10.00. The van der Waals surface area contributed by atoms with Crippen molar-refractivity contribution < 1.29 is 53.7 Å². The number of quaternary nitrogens is 2. The van der Waals surface area contributed by atoms with Crippen LogP contribution in [0, 0.1) is 9.56 Å². The van der Waals surface area contributed by atoms with Gasteiger partial charge in [-0.25, -0.2) is 0 Å². The SMILES string of the molecule is CCCCCC[NH+]1CCN(C)C1.CCCCCC[NH+]1CCN(C)C1.N=S(=O)([O-])C(F)(F)F.N=S(=O)([O-])C(F)(F)F. The minimum atomic E-state index is -5.59. The van der Waals surface area contributed by atoms with Gasteiger partial charge in [0.25, 0.3) is 0 Å². The maximum Gasteiger partial charge on any atom is 0.466 e. The van der Waals surface area contributed by atoms with Gasteiger partial charge in [-0.2, -0.15) is 26.3 Å². The fourth-order valence-corrected chi connectivity index (χ4v) is 3.79. The van der Waals surface area contributed by atoms with Gasteiger partial charge >= 0.3 is 11.0 Å². The molecule has 0 aromatic heterocycles. The molecule has 2 heterocycles. The standard InChI is InChI=1S/2C10H22N2.2CH2F3NO2S/c2*1-3-4-5-6-7-12-9-8-11(2)10-12;2*2-1(3,4)8(5,6)7/h2*3-10H2,1-2H3;2*(H2,5,6,7). The van der Waals surface area contributed by atoms with Crippen LogP contribution < -0.4 is 9.80 Å². The molecule has 0 aromatic carbocycles. The third-order valence-electron chi connectivity index (χ3n) is 6.06. The number of unbranched alkanes of at least 4 members (excludes halogenated alkanes) is 6. The van der Waals surface area contributed by atoms with E-state index in [1.54, 1.807) is 9.80 Å². The summed E-state index contributed by atoms with van der Waals surface area (Å²) in [6, 6.07) is 0. The third kappa shape index (κ3) is 21.9. The normalized spacial score (nSPS) is 23.0. The molecule has 244 valence electrons. The molecule has 4 atom stereocenters. The first-order valence-corrected chi connectivity index (χ1v) is 16.3. The first-order valence-electron chi connectivity index (χ1n) is 13.3. The first-order chi connectivity index (χ1) is 18.2. The summed E-state index contributed by atoms with van der Waals surface area (Å²) in [6.07, 6.45) is 11.3. The summed E-state index contributed by atoms with van der Waals surface area (Å²) in [5.41, 5.74) is -10.8. The third-order valence-corrected chi connectivity index (χ3v) is 7.28. The van der Waals surface area contributed by atoms with Crippen LogP contribution in [-0.4, -0.2) is 105 Å². The fraction of sp³-hybridized carbons (Fsp3) is 1.00. The molecule has 0 radical (unpaired) electrons. The zero-order valence-corrected chi connectivity index (χ0v) is 25.6. The Hall–Kier alpha value is -0.760. The first kappa shape index (κ1) is 41.4. The van der Waals surface area contributed by atoms with E-state index in [9.17, 15) is 43.9 Å². The van der Waals surface area contributed by atoms with Crippen molar-refractivity contribution in [3.63, 3.8) is 0 Å². The van der Waals surface area contributed by atoms with Crippen LogP contribution in [0.4, 0.5) is 26.3 Å². The maximum absolute atomic E-state index is 10.8. The second-order valence-corrected chi connectivity index (χ2v) is 12.9. The average Bonchev–Trinajstić information content (AvgIpc) is 3.40. The van der Waals surface area contributed by atoms with E-state index >= 15 is 0 Å². The summed E-state index contributed by atoms with van der Waals surface area (Å²) in [6.45, 7) is 15.2. The van der Waals surface area contributed by atoms with E-state index in [0.29, 0.717) is 0 Å². The summed E-state index contributed by atoms with van der Waals surface area (Å²) in [7, 11) is -6.74. The minimum absolute atomic E-state index is 1.27. The predicted octanol–water partition coefficient (Wildman–Crippen LogP) is 2.08. The molecule has 0 aromatic rings. The Balaban J connectivity index is 0. The highest BCUT2D eigenvalue weighted by atomic mass is 32.2. The van der Waals surface area contributed by atoms with E-state index in [4.69, 9.17) is 9.56 Å². The highest BCUT2D eigenvalue weighted by Crippen LogP contribution is 2.21. The van der Waals surface area contributed by atoms with Crippen molar-refractivity contribution in [2.75, 3.05) is 66.7 Å². The number of rotatable bonds is 10.